The minimum atomic E-state index is 0.0319. The predicted molar refractivity (Wildman–Crippen MR) is 77.8 cm³/mol. The number of benzene rings is 1. The highest BCUT2D eigenvalue weighted by molar-refractivity contribution is 5.49. The Kier molecular flexibility index (Phi) is 2.83. The monoisotopic (exact) mass is 273 g/mol. The van der Waals surface area contributed by atoms with Crippen molar-refractivity contribution >= 4 is 0 Å². The molecule has 3 heteroatoms. The summed E-state index contributed by atoms with van der Waals surface area (Å²) in [6.45, 7) is 1.12. The summed E-state index contributed by atoms with van der Waals surface area (Å²) < 4.78 is 0. The molecule has 1 aromatic carbocycles. The Morgan fingerprint density at radius 1 is 1.25 bits per heavy atom. The lowest BCUT2D eigenvalue weighted by atomic mass is 9.52. The fourth-order valence-electron chi connectivity index (χ4n) is 5.23. The van der Waals surface area contributed by atoms with E-state index in [1.165, 1.54) is 43.2 Å². The molecule has 4 rings (SSSR count). The van der Waals surface area contributed by atoms with Gasteiger partial charge in [0.05, 0.1) is 6.61 Å². The SMILES string of the molecule is OCc1cc(O)cc2c1C[C@H]1NCC[C@@]23CCCC[C@@H]13. The van der Waals surface area contributed by atoms with E-state index in [4.69, 9.17) is 0 Å². The molecular weight excluding hydrogens is 250 g/mol. The maximum atomic E-state index is 10.1. The number of hydrogen-bond acceptors (Lipinski definition) is 3. The summed E-state index contributed by atoms with van der Waals surface area (Å²) >= 11 is 0. The first-order chi connectivity index (χ1) is 9.74. The van der Waals surface area contributed by atoms with Crippen LogP contribution < -0.4 is 5.32 Å². The van der Waals surface area contributed by atoms with Crippen LogP contribution in [0.4, 0.5) is 0 Å². The quantitative estimate of drug-likeness (QED) is 0.735. The average Bonchev–Trinajstić information content (AvgIpc) is 2.47. The van der Waals surface area contributed by atoms with Crippen molar-refractivity contribution in [1.29, 1.82) is 0 Å². The maximum absolute atomic E-state index is 10.1. The lowest BCUT2D eigenvalue weighted by Crippen LogP contribution is -2.59. The largest absolute Gasteiger partial charge is 0.508 e. The van der Waals surface area contributed by atoms with Crippen molar-refractivity contribution < 1.29 is 10.2 Å². The van der Waals surface area contributed by atoms with E-state index in [1.807, 2.05) is 6.07 Å². The number of nitrogens with one attached hydrogen (secondary N) is 1. The van der Waals surface area contributed by atoms with Crippen LogP contribution in [0.1, 0.15) is 48.8 Å². The average molecular weight is 273 g/mol. The first-order valence-corrected chi connectivity index (χ1v) is 7.94. The molecule has 1 aliphatic heterocycles. The fraction of sp³-hybridized carbons (Fsp3) is 0.647. The number of hydrogen-bond donors (Lipinski definition) is 3. The van der Waals surface area contributed by atoms with E-state index >= 15 is 0 Å². The van der Waals surface area contributed by atoms with Crippen molar-refractivity contribution in [2.45, 2.75) is 56.6 Å². The van der Waals surface area contributed by atoms with Gasteiger partial charge in [0.15, 0.2) is 0 Å². The summed E-state index contributed by atoms with van der Waals surface area (Å²) in [5, 5.41) is 23.4. The Balaban J connectivity index is 1.93. The van der Waals surface area contributed by atoms with Crippen LogP contribution in [0.5, 0.6) is 5.75 Å². The van der Waals surface area contributed by atoms with Crippen molar-refractivity contribution in [2.75, 3.05) is 6.54 Å². The third kappa shape index (κ3) is 1.60. The zero-order valence-electron chi connectivity index (χ0n) is 11.9. The van der Waals surface area contributed by atoms with Gasteiger partial charge in [0, 0.05) is 11.5 Å². The molecule has 2 bridgehead atoms. The first-order valence-electron chi connectivity index (χ1n) is 7.94. The van der Waals surface area contributed by atoms with Crippen LogP contribution >= 0.6 is 0 Å². The van der Waals surface area contributed by atoms with Gasteiger partial charge >= 0.3 is 0 Å². The molecule has 2 fully saturated rings. The van der Waals surface area contributed by atoms with Gasteiger partial charge in [0.2, 0.25) is 0 Å². The first kappa shape index (κ1) is 12.7. The van der Waals surface area contributed by atoms with Gasteiger partial charge in [-0.25, -0.2) is 0 Å². The molecule has 1 saturated heterocycles. The van der Waals surface area contributed by atoms with Crippen molar-refractivity contribution in [1.82, 2.24) is 5.32 Å². The fourth-order valence-corrected chi connectivity index (χ4v) is 5.23. The molecule has 0 unspecified atom stereocenters. The topological polar surface area (TPSA) is 52.5 Å². The van der Waals surface area contributed by atoms with E-state index < -0.39 is 0 Å². The van der Waals surface area contributed by atoms with Crippen molar-refractivity contribution in [3.05, 3.63) is 28.8 Å². The van der Waals surface area contributed by atoms with Crippen LogP contribution in [0.25, 0.3) is 0 Å². The highest BCUT2D eigenvalue weighted by atomic mass is 16.3. The molecular formula is C17H23NO2. The molecule has 0 radical (unpaired) electrons. The molecule has 3 N–H and O–H groups in total. The van der Waals surface area contributed by atoms with Gasteiger partial charge in [-0.15, -0.1) is 0 Å². The Morgan fingerprint density at radius 3 is 3.00 bits per heavy atom. The summed E-state index contributed by atoms with van der Waals surface area (Å²) in [5.41, 5.74) is 3.84. The second kappa shape index (κ2) is 4.47. The van der Waals surface area contributed by atoms with Crippen LogP contribution in [0, 0.1) is 5.92 Å². The highest BCUT2D eigenvalue weighted by Gasteiger charge is 2.51. The third-order valence-electron chi connectivity index (χ3n) is 6.02. The molecule has 0 aromatic heterocycles. The summed E-state index contributed by atoms with van der Waals surface area (Å²) in [4.78, 5) is 0. The molecule has 3 aliphatic rings. The molecule has 3 nitrogen and oxygen atoms in total. The number of fused-ring (bicyclic) bond motifs is 1. The van der Waals surface area contributed by atoms with E-state index in [-0.39, 0.29) is 12.0 Å². The number of aromatic hydroxyl groups is 1. The van der Waals surface area contributed by atoms with E-state index in [9.17, 15) is 10.2 Å². The molecule has 0 amide bonds. The minimum absolute atomic E-state index is 0.0319. The molecule has 1 aromatic rings. The van der Waals surface area contributed by atoms with Crippen molar-refractivity contribution in [2.24, 2.45) is 5.92 Å². The Hall–Kier alpha value is -1.06. The minimum Gasteiger partial charge on any atom is -0.508 e. The van der Waals surface area contributed by atoms with Gasteiger partial charge < -0.3 is 15.5 Å². The lowest BCUT2D eigenvalue weighted by molar-refractivity contribution is 0.0787. The van der Waals surface area contributed by atoms with Gasteiger partial charge in [-0.05, 0) is 67.0 Å². The number of phenolic OH excluding ortho intramolecular Hbond substituents is 1. The van der Waals surface area contributed by atoms with E-state index in [0.717, 1.165) is 18.5 Å². The molecule has 20 heavy (non-hydrogen) atoms. The molecule has 2 aliphatic carbocycles. The molecule has 1 heterocycles. The highest BCUT2D eigenvalue weighted by Crippen LogP contribution is 2.54. The standard InChI is InChI=1S/C17H23NO2/c19-10-11-7-12(20)8-15-13(11)9-16-14-3-1-2-4-17(14,15)5-6-18-16/h7-8,14,16,18-20H,1-6,9-10H2/t14-,16+,17+/m0/s1. The number of phenols is 1. The molecule has 0 spiro atoms. The summed E-state index contributed by atoms with van der Waals surface area (Å²) in [6, 6.07) is 4.30. The van der Waals surface area contributed by atoms with Crippen molar-refractivity contribution in [3.63, 3.8) is 0 Å². The number of piperidine rings is 1. The predicted octanol–water partition coefficient (Wildman–Crippen LogP) is 2.23. The Labute approximate surface area is 120 Å². The maximum Gasteiger partial charge on any atom is 0.116 e. The van der Waals surface area contributed by atoms with Gasteiger partial charge in [0.1, 0.15) is 5.75 Å². The lowest BCUT2D eigenvalue weighted by Gasteiger charge is -2.56. The van der Waals surface area contributed by atoms with Gasteiger partial charge in [-0.1, -0.05) is 12.8 Å². The summed E-state index contributed by atoms with van der Waals surface area (Å²) in [7, 11) is 0. The van der Waals surface area contributed by atoms with Gasteiger partial charge in [-0.3, -0.25) is 0 Å². The van der Waals surface area contributed by atoms with Crippen LogP contribution in [0.15, 0.2) is 12.1 Å². The van der Waals surface area contributed by atoms with Gasteiger partial charge in [0.25, 0.3) is 0 Å². The number of rotatable bonds is 1. The second-order valence-corrected chi connectivity index (χ2v) is 6.81. The third-order valence-corrected chi connectivity index (χ3v) is 6.02. The van der Waals surface area contributed by atoms with E-state index in [1.54, 1.807) is 6.07 Å². The molecule has 108 valence electrons. The normalized spacial score (nSPS) is 35.2. The number of aliphatic hydroxyl groups excluding tert-OH is 1. The van der Waals surface area contributed by atoms with Crippen LogP contribution in [0.3, 0.4) is 0 Å². The molecule has 3 atom stereocenters. The zero-order valence-corrected chi connectivity index (χ0v) is 11.9. The summed E-state index contributed by atoms with van der Waals surface area (Å²) in [6.07, 6.45) is 7.38. The Bertz CT molecular complexity index is 538. The number of aliphatic hydroxyl groups is 1. The zero-order chi connectivity index (χ0) is 13.7. The molecule has 1 saturated carbocycles. The van der Waals surface area contributed by atoms with Gasteiger partial charge in [-0.2, -0.15) is 0 Å². The van der Waals surface area contributed by atoms with E-state index in [2.05, 4.69) is 5.32 Å². The van der Waals surface area contributed by atoms with E-state index in [0.29, 0.717) is 17.7 Å². The smallest absolute Gasteiger partial charge is 0.116 e. The summed E-state index contributed by atoms with van der Waals surface area (Å²) in [5.74, 6) is 1.04. The van der Waals surface area contributed by atoms with Crippen LogP contribution in [-0.2, 0) is 18.4 Å². The second-order valence-electron chi connectivity index (χ2n) is 6.81. The Morgan fingerprint density at radius 2 is 2.15 bits per heavy atom. The van der Waals surface area contributed by atoms with Crippen LogP contribution in [-0.4, -0.2) is 22.8 Å². The van der Waals surface area contributed by atoms with Crippen molar-refractivity contribution in [3.8, 4) is 5.75 Å². The van der Waals surface area contributed by atoms with Crippen LogP contribution in [0.2, 0.25) is 0 Å².